The Balaban J connectivity index is 1.56. The van der Waals surface area contributed by atoms with Crippen LogP contribution in [0.25, 0.3) is 11.3 Å². The monoisotopic (exact) mass is 727 g/mol. The molecule has 1 amide bonds. The molecule has 0 bridgehead atoms. The second kappa shape index (κ2) is 13.0. The molecular formula is C27H25Br2F2N5O7. The number of aromatic nitrogens is 3. The molecule has 1 aromatic heterocycles. The minimum absolute atomic E-state index is 0.0249. The van der Waals surface area contributed by atoms with E-state index in [4.69, 9.17) is 14.2 Å². The Morgan fingerprint density at radius 2 is 2.00 bits per heavy atom. The maximum absolute atomic E-state index is 14.7. The lowest BCUT2D eigenvalue weighted by Gasteiger charge is -2.45. The minimum Gasteiger partial charge on any atom is -0.394 e. The molecule has 2 aromatic carbocycles. The Kier molecular flexibility index (Phi) is 9.54. The number of anilines is 1. The van der Waals surface area contributed by atoms with Gasteiger partial charge in [-0.3, -0.25) is 4.79 Å². The van der Waals surface area contributed by atoms with Crippen molar-refractivity contribution in [3.05, 3.63) is 62.7 Å². The molecule has 16 heteroatoms. The number of carbonyl (C=O) groups is 1. The highest BCUT2D eigenvalue weighted by Crippen LogP contribution is 2.36. The Morgan fingerprint density at radius 3 is 2.65 bits per heavy atom. The molecule has 228 valence electrons. The van der Waals surface area contributed by atoms with Crippen molar-refractivity contribution in [3.63, 3.8) is 0 Å². The molecule has 0 spiro atoms. The molecule has 0 radical (unpaired) electrons. The van der Waals surface area contributed by atoms with Crippen LogP contribution < -0.4 is 4.90 Å². The number of aliphatic hydroxyl groups is 3. The van der Waals surface area contributed by atoms with Crippen molar-refractivity contribution in [1.82, 2.24) is 15.0 Å². The van der Waals surface area contributed by atoms with Crippen LogP contribution in [0.5, 0.6) is 0 Å². The first-order chi connectivity index (χ1) is 20.6. The highest BCUT2D eigenvalue weighted by Gasteiger charge is 2.52. The summed E-state index contributed by atoms with van der Waals surface area (Å²) in [5, 5.41) is 49.4. The van der Waals surface area contributed by atoms with Crippen molar-refractivity contribution in [2.45, 2.75) is 42.6 Å². The third-order valence-corrected chi connectivity index (χ3v) is 8.46. The average Bonchev–Trinajstić information content (AvgIpc) is 3.64. The van der Waals surface area contributed by atoms with Gasteiger partial charge in [0.05, 0.1) is 48.2 Å². The molecule has 0 aliphatic carbocycles. The molecule has 2 saturated heterocycles. The molecule has 3 heterocycles. The van der Waals surface area contributed by atoms with E-state index in [9.17, 15) is 34.2 Å². The summed E-state index contributed by atoms with van der Waals surface area (Å²) in [5.74, 6) is -3.01. The van der Waals surface area contributed by atoms with Gasteiger partial charge in [-0.15, -0.1) is 5.10 Å². The molecule has 0 unspecified atom stereocenters. The summed E-state index contributed by atoms with van der Waals surface area (Å²) < 4.78 is 47.5. The fourth-order valence-corrected chi connectivity index (χ4v) is 6.09. The topological polar surface area (TPSA) is 163 Å². The fraction of sp³-hybridized carbons (Fsp3) is 0.407. The third-order valence-electron chi connectivity index (χ3n) is 7.39. The number of benzene rings is 2. The number of nitriles is 1. The Labute approximate surface area is 260 Å². The molecule has 5 rings (SSSR count). The van der Waals surface area contributed by atoms with Gasteiger partial charge in [-0.25, -0.2) is 13.5 Å². The van der Waals surface area contributed by atoms with Gasteiger partial charge < -0.3 is 34.4 Å². The maximum atomic E-state index is 14.7. The fourth-order valence-electron chi connectivity index (χ4n) is 5.30. The summed E-state index contributed by atoms with van der Waals surface area (Å²) in [4.78, 5) is 15.6. The van der Waals surface area contributed by atoms with Crippen LogP contribution in [0.2, 0.25) is 0 Å². The van der Waals surface area contributed by atoms with Crippen molar-refractivity contribution >= 4 is 43.5 Å². The standard InChI is InChI=1S/C27H25Br2F2N5O7/c1-41-25-23(35-8-17(33-34-35)15-2-3-16(29)22(31)21(15)30)24(39)20(9-37)43-26(25)27(40)36(18-10-42-11-19(18)38)14-5-12(7-32)4-13(28)6-14/h2-6,8,18-20,23-26,37-39H,9-11H2,1H3/t18-,19-,20-,23+,24+,25-,26-/m1/s1. The van der Waals surface area contributed by atoms with E-state index in [0.29, 0.717) is 4.47 Å². The number of methoxy groups -OCH3 is 1. The Hall–Kier alpha value is -2.88. The van der Waals surface area contributed by atoms with Crippen LogP contribution in [0.15, 0.2) is 45.5 Å². The van der Waals surface area contributed by atoms with E-state index in [2.05, 4.69) is 42.2 Å². The molecule has 3 aromatic rings. The summed E-state index contributed by atoms with van der Waals surface area (Å²) in [6.45, 7) is -0.762. The lowest BCUT2D eigenvalue weighted by Crippen LogP contribution is -2.63. The van der Waals surface area contributed by atoms with E-state index < -0.39 is 66.8 Å². The predicted octanol–water partition coefficient (Wildman–Crippen LogP) is 2.09. The number of hydrogen-bond acceptors (Lipinski definition) is 10. The highest BCUT2D eigenvalue weighted by atomic mass is 79.9. The van der Waals surface area contributed by atoms with Crippen LogP contribution in [0.3, 0.4) is 0 Å². The Morgan fingerprint density at radius 1 is 1.23 bits per heavy atom. The lowest BCUT2D eigenvalue weighted by molar-refractivity contribution is -0.211. The number of carbonyl (C=O) groups excluding carboxylic acids is 1. The number of rotatable bonds is 7. The Bertz CT molecular complexity index is 1560. The normalized spacial score (nSPS) is 27.2. The van der Waals surface area contributed by atoms with E-state index >= 15 is 0 Å². The van der Waals surface area contributed by atoms with E-state index in [0.717, 1.165) is 4.68 Å². The van der Waals surface area contributed by atoms with Gasteiger partial charge in [-0.1, -0.05) is 21.1 Å². The van der Waals surface area contributed by atoms with E-state index in [1.807, 2.05) is 6.07 Å². The molecule has 12 nitrogen and oxygen atoms in total. The van der Waals surface area contributed by atoms with Gasteiger partial charge >= 0.3 is 0 Å². The van der Waals surface area contributed by atoms with Crippen molar-refractivity contribution < 1.29 is 43.1 Å². The first-order valence-electron chi connectivity index (χ1n) is 12.9. The summed E-state index contributed by atoms with van der Waals surface area (Å²) in [7, 11) is 1.28. The van der Waals surface area contributed by atoms with Gasteiger partial charge in [0.15, 0.2) is 17.7 Å². The van der Waals surface area contributed by atoms with Crippen LogP contribution >= 0.6 is 31.9 Å². The number of ether oxygens (including phenoxy) is 3. The van der Waals surface area contributed by atoms with Crippen LogP contribution in [-0.4, -0.2) is 99.7 Å². The van der Waals surface area contributed by atoms with Crippen molar-refractivity contribution in [2.24, 2.45) is 0 Å². The van der Waals surface area contributed by atoms with E-state index in [1.54, 1.807) is 12.1 Å². The zero-order chi connectivity index (χ0) is 31.0. The third kappa shape index (κ3) is 5.96. The van der Waals surface area contributed by atoms with Crippen LogP contribution in [0.1, 0.15) is 11.6 Å². The van der Waals surface area contributed by atoms with Crippen molar-refractivity contribution in [2.75, 3.05) is 31.8 Å². The van der Waals surface area contributed by atoms with E-state index in [-0.39, 0.29) is 40.2 Å². The average molecular weight is 729 g/mol. The lowest BCUT2D eigenvalue weighted by atomic mass is 9.91. The zero-order valence-corrected chi connectivity index (χ0v) is 25.5. The van der Waals surface area contributed by atoms with Crippen LogP contribution in [0.4, 0.5) is 14.5 Å². The molecule has 0 saturated carbocycles. The first kappa shape index (κ1) is 31.5. The van der Waals surface area contributed by atoms with Gasteiger partial charge in [0.1, 0.15) is 36.2 Å². The van der Waals surface area contributed by atoms with Crippen molar-refractivity contribution in [1.29, 1.82) is 5.26 Å². The molecule has 2 aliphatic rings. The van der Waals surface area contributed by atoms with Gasteiger partial charge in [-0.2, -0.15) is 5.26 Å². The SMILES string of the molecule is CO[C@@H]1[C@@H](n2cc(-c3ccc(Br)c(F)c3F)nn2)[C@@H](O)[C@@H](CO)O[C@H]1C(=O)N(c1cc(Br)cc(C#N)c1)[C@@H]1COC[C@H]1O. The highest BCUT2D eigenvalue weighted by molar-refractivity contribution is 9.10. The summed E-state index contributed by atoms with van der Waals surface area (Å²) in [6, 6.07) is 7.16. The number of hydrogen-bond donors (Lipinski definition) is 3. The molecule has 3 N–H and O–H groups in total. The molecule has 43 heavy (non-hydrogen) atoms. The molecule has 2 fully saturated rings. The molecular weight excluding hydrogens is 704 g/mol. The smallest absolute Gasteiger partial charge is 0.259 e. The van der Waals surface area contributed by atoms with Gasteiger partial charge in [0, 0.05) is 22.8 Å². The maximum Gasteiger partial charge on any atom is 0.259 e. The largest absolute Gasteiger partial charge is 0.394 e. The van der Waals surface area contributed by atoms with Gasteiger partial charge in [0.25, 0.3) is 5.91 Å². The minimum atomic E-state index is -1.48. The number of halogens is 4. The van der Waals surface area contributed by atoms with Crippen LogP contribution in [0, 0.1) is 23.0 Å². The second-order valence-corrected chi connectivity index (χ2v) is 11.7. The first-order valence-corrected chi connectivity index (χ1v) is 14.5. The predicted molar refractivity (Wildman–Crippen MR) is 152 cm³/mol. The van der Waals surface area contributed by atoms with Gasteiger partial charge in [-0.05, 0) is 46.3 Å². The molecule has 7 atom stereocenters. The zero-order valence-electron chi connectivity index (χ0n) is 22.3. The van der Waals surface area contributed by atoms with Crippen molar-refractivity contribution in [3.8, 4) is 17.3 Å². The van der Waals surface area contributed by atoms with Crippen LogP contribution in [-0.2, 0) is 19.0 Å². The van der Waals surface area contributed by atoms with E-state index in [1.165, 1.54) is 36.4 Å². The second-order valence-electron chi connectivity index (χ2n) is 9.96. The quantitative estimate of drug-likeness (QED) is 0.307. The summed E-state index contributed by atoms with van der Waals surface area (Å²) in [6.07, 6.45) is -5.34. The molecule has 2 aliphatic heterocycles. The number of nitrogens with zero attached hydrogens (tertiary/aromatic N) is 5. The number of aliphatic hydroxyl groups excluding tert-OH is 3. The number of amides is 1. The summed E-state index contributed by atoms with van der Waals surface area (Å²) >= 11 is 6.27. The summed E-state index contributed by atoms with van der Waals surface area (Å²) in [5.41, 5.74) is 0.227. The van der Waals surface area contributed by atoms with Gasteiger partial charge in [0.2, 0.25) is 0 Å².